The standard InChI is InChI=1S/C23H24N6O4/c30-16-4-6-17(7-5-16)33-19-3-1-2-13-10-24-22(29-21(13)19)28-15-8-14(11-25-23(31)32)20-18(9-15)26-12-27-20/h1-3,8-10,12,16-17,25,30H,4-7,11H2,(H,26,27)(H,31,32)(H,24,28,29)/t16-,17+. The normalized spacial score (nSPS) is 18.3. The first kappa shape index (κ1) is 21.0. The predicted molar refractivity (Wildman–Crippen MR) is 123 cm³/mol. The molecule has 1 aliphatic rings. The number of nitrogens with zero attached hydrogens (tertiary/aromatic N) is 3. The first-order chi connectivity index (χ1) is 16.0. The smallest absolute Gasteiger partial charge is 0.404 e. The second-order valence-corrected chi connectivity index (χ2v) is 8.15. The van der Waals surface area contributed by atoms with Crippen LogP contribution >= 0.6 is 0 Å². The summed E-state index contributed by atoms with van der Waals surface area (Å²) < 4.78 is 6.24. The third-order valence-electron chi connectivity index (χ3n) is 5.80. The minimum Gasteiger partial charge on any atom is -0.488 e. The summed E-state index contributed by atoms with van der Waals surface area (Å²) in [4.78, 5) is 27.4. The van der Waals surface area contributed by atoms with Gasteiger partial charge in [0.1, 0.15) is 11.3 Å². The molecule has 2 aromatic heterocycles. The molecule has 1 fully saturated rings. The van der Waals surface area contributed by atoms with Gasteiger partial charge in [-0.25, -0.2) is 19.7 Å². The summed E-state index contributed by atoms with van der Waals surface area (Å²) in [6.07, 6.45) is 5.13. The molecule has 10 heteroatoms. The molecule has 0 saturated heterocycles. The van der Waals surface area contributed by atoms with Crippen molar-refractivity contribution in [2.45, 2.75) is 44.4 Å². The predicted octanol–water partition coefficient (Wildman–Crippen LogP) is 3.70. The Morgan fingerprint density at radius 2 is 2.00 bits per heavy atom. The minimum absolute atomic E-state index is 0.0532. The van der Waals surface area contributed by atoms with Crippen LogP contribution in [0.1, 0.15) is 31.2 Å². The Morgan fingerprint density at radius 1 is 1.15 bits per heavy atom. The summed E-state index contributed by atoms with van der Waals surface area (Å²) in [5.41, 5.74) is 3.60. The van der Waals surface area contributed by atoms with Gasteiger partial charge >= 0.3 is 6.09 Å². The first-order valence-corrected chi connectivity index (χ1v) is 10.9. The van der Waals surface area contributed by atoms with Crippen LogP contribution in [0.25, 0.3) is 21.9 Å². The average Bonchev–Trinajstić information content (AvgIpc) is 3.28. The highest BCUT2D eigenvalue weighted by atomic mass is 16.5. The third kappa shape index (κ3) is 4.65. The Kier molecular flexibility index (Phi) is 5.66. The van der Waals surface area contributed by atoms with Gasteiger partial charge in [0.25, 0.3) is 0 Å². The first-order valence-electron chi connectivity index (χ1n) is 10.9. The molecule has 1 amide bonds. The van der Waals surface area contributed by atoms with E-state index in [-0.39, 0.29) is 18.8 Å². The molecule has 0 aliphatic heterocycles. The second kappa shape index (κ2) is 8.91. The molecule has 5 rings (SSSR count). The van der Waals surface area contributed by atoms with Gasteiger partial charge in [0.05, 0.1) is 29.6 Å². The van der Waals surface area contributed by atoms with E-state index in [0.717, 1.165) is 42.1 Å². The number of anilines is 2. The number of aliphatic hydroxyl groups is 1. The lowest BCUT2D eigenvalue weighted by molar-refractivity contribution is 0.0672. The molecule has 1 aliphatic carbocycles. The van der Waals surface area contributed by atoms with Gasteiger partial charge in [-0.15, -0.1) is 0 Å². The fraction of sp³-hybridized carbons (Fsp3) is 0.304. The highest BCUT2D eigenvalue weighted by molar-refractivity contribution is 5.86. The molecule has 0 atom stereocenters. The summed E-state index contributed by atoms with van der Waals surface area (Å²) in [7, 11) is 0. The van der Waals surface area contributed by atoms with E-state index in [1.165, 1.54) is 0 Å². The number of para-hydroxylation sites is 1. The number of carboxylic acid groups (broad SMARTS) is 1. The molecule has 4 aromatic rings. The van der Waals surface area contributed by atoms with Gasteiger partial charge in [-0.1, -0.05) is 12.1 Å². The highest BCUT2D eigenvalue weighted by Crippen LogP contribution is 2.30. The average molecular weight is 448 g/mol. The number of aromatic nitrogens is 4. The molecule has 10 nitrogen and oxygen atoms in total. The lowest BCUT2D eigenvalue weighted by Gasteiger charge is -2.26. The highest BCUT2D eigenvalue weighted by Gasteiger charge is 2.21. The van der Waals surface area contributed by atoms with Crippen molar-refractivity contribution >= 4 is 39.7 Å². The van der Waals surface area contributed by atoms with E-state index in [9.17, 15) is 9.90 Å². The largest absolute Gasteiger partial charge is 0.488 e. The molecule has 0 radical (unpaired) electrons. The van der Waals surface area contributed by atoms with Crippen LogP contribution in [-0.2, 0) is 6.54 Å². The van der Waals surface area contributed by atoms with Crippen LogP contribution in [0, 0.1) is 0 Å². The Bertz CT molecular complexity index is 1300. The molecule has 33 heavy (non-hydrogen) atoms. The topological polar surface area (TPSA) is 145 Å². The van der Waals surface area contributed by atoms with Gasteiger partial charge in [0.2, 0.25) is 5.95 Å². The van der Waals surface area contributed by atoms with Gasteiger partial charge in [0.15, 0.2) is 0 Å². The zero-order valence-corrected chi connectivity index (χ0v) is 17.8. The summed E-state index contributed by atoms with van der Waals surface area (Å²) in [6.45, 7) is 0.124. The fourth-order valence-corrected chi connectivity index (χ4v) is 4.16. The number of rotatable bonds is 6. The van der Waals surface area contributed by atoms with Crippen molar-refractivity contribution < 1.29 is 19.7 Å². The molecule has 0 unspecified atom stereocenters. The Labute approximate surface area is 189 Å². The van der Waals surface area contributed by atoms with Crippen molar-refractivity contribution in [1.82, 2.24) is 25.3 Å². The van der Waals surface area contributed by atoms with Gasteiger partial charge in [-0.05, 0) is 43.9 Å². The van der Waals surface area contributed by atoms with E-state index in [1.807, 2.05) is 30.3 Å². The Hall–Kier alpha value is -3.92. The number of ether oxygens (including phenoxy) is 1. The van der Waals surface area contributed by atoms with E-state index in [0.29, 0.717) is 28.4 Å². The quantitative estimate of drug-likeness (QED) is 0.300. The minimum atomic E-state index is -1.10. The monoisotopic (exact) mass is 448 g/mol. The van der Waals surface area contributed by atoms with Crippen LogP contribution in [0.5, 0.6) is 5.75 Å². The molecule has 170 valence electrons. The van der Waals surface area contributed by atoms with Crippen molar-refractivity contribution in [1.29, 1.82) is 0 Å². The van der Waals surface area contributed by atoms with Gasteiger partial charge in [0, 0.05) is 29.4 Å². The molecule has 0 bridgehead atoms. The molecule has 2 aromatic carbocycles. The second-order valence-electron chi connectivity index (χ2n) is 8.15. The van der Waals surface area contributed by atoms with Crippen molar-refractivity contribution in [2.75, 3.05) is 5.32 Å². The number of benzene rings is 2. The number of nitrogens with one attached hydrogen (secondary N) is 3. The van der Waals surface area contributed by atoms with Gasteiger partial charge in [-0.2, -0.15) is 0 Å². The van der Waals surface area contributed by atoms with E-state index >= 15 is 0 Å². The van der Waals surface area contributed by atoms with Crippen LogP contribution in [0.3, 0.4) is 0 Å². The number of imidazole rings is 1. The van der Waals surface area contributed by atoms with E-state index in [4.69, 9.17) is 14.8 Å². The Morgan fingerprint density at radius 3 is 2.82 bits per heavy atom. The summed E-state index contributed by atoms with van der Waals surface area (Å²) in [6, 6.07) is 9.44. The number of fused-ring (bicyclic) bond motifs is 2. The van der Waals surface area contributed by atoms with E-state index in [2.05, 4.69) is 25.6 Å². The Balaban J connectivity index is 1.42. The zero-order chi connectivity index (χ0) is 22.8. The molecule has 2 heterocycles. The van der Waals surface area contributed by atoms with Crippen molar-refractivity contribution in [3.05, 3.63) is 48.4 Å². The maximum Gasteiger partial charge on any atom is 0.404 e. The van der Waals surface area contributed by atoms with Crippen LogP contribution in [0.15, 0.2) is 42.9 Å². The van der Waals surface area contributed by atoms with Crippen LogP contribution in [0.4, 0.5) is 16.4 Å². The number of carbonyl (C=O) groups is 1. The SMILES string of the molecule is O=C(O)NCc1cc(Nc2ncc3cccc(O[C@H]4CC[C@@H](O)CC4)c3n2)cc2[nH]cnc12. The van der Waals surface area contributed by atoms with Crippen LogP contribution in [0.2, 0.25) is 0 Å². The van der Waals surface area contributed by atoms with Crippen molar-refractivity contribution in [3.63, 3.8) is 0 Å². The van der Waals surface area contributed by atoms with Gasteiger partial charge in [-0.3, -0.25) is 0 Å². The number of H-pyrrole nitrogens is 1. The number of hydrogen-bond donors (Lipinski definition) is 5. The molecule has 0 spiro atoms. The maximum atomic E-state index is 10.9. The fourth-order valence-electron chi connectivity index (χ4n) is 4.16. The van der Waals surface area contributed by atoms with E-state index in [1.54, 1.807) is 12.5 Å². The van der Waals surface area contributed by atoms with Crippen LogP contribution < -0.4 is 15.4 Å². The maximum absolute atomic E-state index is 10.9. The third-order valence-corrected chi connectivity index (χ3v) is 5.80. The number of hydrogen-bond acceptors (Lipinski definition) is 7. The summed E-state index contributed by atoms with van der Waals surface area (Å²) in [5, 5.41) is 25.2. The molecular weight excluding hydrogens is 424 g/mol. The number of amides is 1. The lowest BCUT2D eigenvalue weighted by atomic mass is 9.95. The number of aromatic amines is 1. The van der Waals surface area contributed by atoms with Gasteiger partial charge < -0.3 is 30.6 Å². The van der Waals surface area contributed by atoms with E-state index < -0.39 is 6.09 Å². The van der Waals surface area contributed by atoms with Crippen LogP contribution in [-0.4, -0.2) is 48.5 Å². The summed E-state index contributed by atoms with van der Waals surface area (Å²) >= 11 is 0. The van der Waals surface area contributed by atoms with Crippen molar-refractivity contribution in [3.8, 4) is 5.75 Å². The lowest BCUT2D eigenvalue weighted by Crippen LogP contribution is -2.26. The number of aliphatic hydroxyl groups excluding tert-OH is 1. The molecular formula is C23H24N6O4. The van der Waals surface area contributed by atoms with Crippen molar-refractivity contribution in [2.24, 2.45) is 0 Å². The molecule has 1 saturated carbocycles. The summed E-state index contributed by atoms with van der Waals surface area (Å²) in [5.74, 6) is 1.09. The zero-order valence-electron chi connectivity index (χ0n) is 17.8. The molecule has 5 N–H and O–H groups in total.